The minimum absolute atomic E-state index is 0.347. The Kier molecular flexibility index (Phi) is 5.92. The molecule has 0 fully saturated rings. The van der Waals surface area contributed by atoms with Crippen LogP contribution in [0.5, 0.6) is 0 Å². The molecule has 0 radical (unpaired) electrons. The van der Waals surface area contributed by atoms with Crippen molar-refractivity contribution in [3.8, 4) is 0 Å². The fraction of sp³-hybridized carbons (Fsp3) is 0.538. The van der Waals surface area contributed by atoms with Crippen LogP contribution in [-0.4, -0.2) is 18.3 Å². The molecule has 0 saturated heterocycles. The van der Waals surface area contributed by atoms with Crippen molar-refractivity contribution in [1.82, 2.24) is 5.32 Å². The quantitative estimate of drug-likeness (QED) is 0.782. The Morgan fingerprint density at radius 2 is 1.94 bits per heavy atom. The summed E-state index contributed by atoms with van der Waals surface area (Å²) in [4.78, 5) is 0.390. The first-order chi connectivity index (χ1) is 7.99. The average Bonchev–Trinajstić information content (AvgIpc) is 2.27. The van der Waals surface area contributed by atoms with Crippen molar-refractivity contribution in [2.24, 2.45) is 5.92 Å². The van der Waals surface area contributed by atoms with Crippen LogP contribution in [0, 0.1) is 17.6 Å². The van der Waals surface area contributed by atoms with Crippen molar-refractivity contribution in [1.29, 1.82) is 0 Å². The Morgan fingerprint density at radius 1 is 1.24 bits per heavy atom. The second kappa shape index (κ2) is 6.97. The molecule has 1 aromatic carbocycles. The Morgan fingerprint density at radius 3 is 2.59 bits per heavy atom. The molecule has 0 bridgehead atoms. The van der Waals surface area contributed by atoms with E-state index in [1.807, 2.05) is 0 Å². The van der Waals surface area contributed by atoms with E-state index >= 15 is 0 Å². The van der Waals surface area contributed by atoms with Crippen LogP contribution < -0.4 is 5.32 Å². The van der Waals surface area contributed by atoms with Crippen LogP contribution in [0.2, 0.25) is 0 Å². The molecule has 1 atom stereocenters. The Bertz CT molecular complexity index is 355. The normalized spacial score (nSPS) is 13.1. The lowest BCUT2D eigenvalue weighted by molar-refractivity contribution is 0.509. The fourth-order valence-electron chi connectivity index (χ4n) is 1.32. The van der Waals surface area contributed by atoms with Gasteiger partial charge in [-0.15, -0.1) is 11.8 Å². The second-order valence-corrected chi connectivity index (χ2v) is 5.62. The Labute approximate surface area is 106 Å². The van der Waals surface area contributed by atoms with E-state index in [0.29, 0.717) is 16.9 Å². The number of hydrogen-bond donors (Lipinski definition) is 1. The predicted octanol–water partition coefficient (Wildman–Crippen LogP) is 3.69. The molecule has 1 unspecified atom stereocenters. The monoisotopic (exact) mass is 259 g/mol. The molecule has 0 aliphatic rings. The standard InChI is InChI=1S/C13H19F2NS/c1-9(2)16-7-10(3)8-17-13-6-11(14)4-5-12(13)15/h4-6,9-10,16H,7-8H2,1-3H3. The van der Waals surface area contributed by atoms with E-state index in [9.17, 15) is 8.78 Å². The van der Waals surface area contributed by atoms with Gasteiger partial charge in [0.05, 0.1) is 0 Å². The Balaban J connectivity index is 2.41. The zero-order valence-electron chi connectivity index (χ0n) is 10.5. The highest BCUT2D eigenvalue weighted by Crippen LogP contribution is 2.24. The topological polar surface area (TPSA) is 12.0 Å². The second-order valence-electron chi connectivity index (χ2n) is 4.55. The number of nitrogens with one attached hydrogen (secondary N) is 1. The zero-order valence-corrected chi connectivity index (χ0v) is 11.3. The lowest BCUT2D eigenvalue weighted by Crippen LogP contribution is -2.28. The molecule has 0 aliphatic carbocycles. The van der Waals surface area contributed by atoms with Crippen molar-refractivity contribution in [2.45, 2.75) is 31.7 Å². The van der Waals surface area contributed by atoms with Crippen molar-refractivity contribution in [2.75, 3.05) is 12.3 Å². The lowest BCUT2D eigenvalue weighted by atomic mass is 10.2. The molecular weight excluding hydrogens is 240 g/mol. The number of thioether (sulfide) groups is 1. The van der Waals surface area contributed by atoms with Crippen LogP contribution in [0.25, 0.3) is 0 Å². The summed E-state index contributed by atoms with van der Waals surface area (Å²) in [6.07, 6.45) is 0. The van der Waals surface area contributed by atoms with E-state index in [1.54, 1.807) is 0 Å². The van der Waals surface area contributed by atoms with Crippen molar-refractivity contribution < 1.29 is 8.78 Å². The average molecular weight is 259 g/mol. The van der Waals surface area contributed by atoms with Gasteiger partial charge in [0, 0.05) is 16.7 Å². The van der Waals surface area contributed by atoms with Gasteiger partial charge >= 0.3 is 0 Å². The zero-order chi connectivity index (χ0) is 12.8. The van der Waals surface area contributed by atoms with E-state index in [0.717, 1.165) is 18.4 Å². The van der Waals surface area contributed by atoms with Crippen LogP contribution in [0.4, 0.5) is 8.78 Å². The molecule has 17 heavy (non-hydrogen) atoms. The van der Waals surface area contributed by atoms with Gasteiger partial charge in [-0.05, 0) is 30.7 Å². The van der Waals surface area contributed by atoms with Gasteiger partial charge in [-0.2, -0.15) is 0 Å². The first-order valence-electron chi connectivity index (χ1n) is 5.80. The van der Waals surface area contributed by atoms with Crippen molar-refractivity contribution >= 4 is 11.8 Å². The molecular formula is C13H19F2NS. The van der Waals surface area contributed by atoms with Gasteiger partial charge in [0.1, 0.15) is 11.6 Å². The van der Waals surface area contributed by atoms with Gasteiger partial charge in [0.25, 0.3) is 0 Å². The number of rotatable bonds is 6. The summed E-state index contributed by atoms with van der Waals surface area (Å²) < 4.78 is 26.3. The van der Waals surface area contributed by atoms with Gasteiger partial charge in [0.2, 0.25) is 0 Å². The van der Waals surface area contributed by atoms with Crippen molar-refractivity contribution in [3.63, 3.8) is 0 Å². The fourth-order valence-corrected chi connectivity index (χ4v) is 2.30. The van der Waals surface area contributed by atoms with E-state index in [2.05, 4.69) is 26.1 Å². The summed E-state index contributed by atoms with van der Waals surface area (Å²) >= 11 is 1.37. The molecule has 0 aliphatic heterocycles. The molecule has 0 aromatic heterocycles. The third-order valence-corrected chi connectivity index (χ3v) is 3.65. The van der Waals surface area contributed by atoms with Gasteiger partial charge in [-0.25, -0.2) is 8.78 Å². The summed E-state index contributed by atoms with van der Waals surface area (Å²) in [5.41, 5.74) is 0. The molecule has 4 heteroatoms. The number of halogens is 2. The van der Waals surface area contributed by atoms with E-state index < -0.39 is 0 Å². The minimum atomic E-state index is -0.387. The van der Waals surface area contributed by atoms with Crippen LogP contribution in [-0.2, 0) is 0 Å². The molecule has 1 rings (SSSR count). The van der Waals surface area contributed by atoms with Gasteiger partial charge in [0.15, 0.2) is 0 Å². The SMILES string of the molecule is CC(CNC(C)C)CSc1cc(F)ccc1F. The Hall–Kier alpha value is -0.610. The lowest BCUT2D eigenvalue weighted by Gasteiger charge is -2.14. The maximum atomic E-state index is 13.3. The highest BCUT2D eigenvalue weighted by Gasteiger charge is 2.08. The molecule has 0 saturated carbocycles. The predicted molar refractivity (Wildman–Crippen MR) is 69.4 cm³/mol. The van der Waals surface area contributed by atoms with Gasteiger partial charge < -0.3 is 5.32 Å². The summed E-state index contributed by atoms with van der Waals surface area (Å²) in [6.45, 7) is 7.17. The van der Waals surface area contributed by atoms with Gasteiger partial charge in [-0.3, -0.25) is 0 Å². The number of benzene rings is 1. The van der Waals surface area contributed by atoms with E-state index in [-0.39, 0.29) is 11.6 Å². The van der Waals surface area contributed by atoms with Gasteiger partial charge in [-0.1, -0.05) is 20.8 Å². The smallest absolute Gasteiger partial charge is 0.136 e. The molecule has 0 heterocycles. The largest absolute Gasteiger partial charge is 0.314 e. The maximum absolute atomic E-state index is 13.3. The maximum Gasteiger partial charge on any atom is 0.136 e. The summed E-state index contributed by atoms with van der Waals surface area (Å²) in [6, 6.07) is 4.02. The third kappa shape index (κ3) is 5.50. The van der Waals surface area contributed by atoms with E-state index in [4.69, 9.17) is 0 Å². The van der Waals surface area contributed by atoms with Crippen LogP contribution in [0.15, 0.2) is 23.1 Å². The van der Waals surface area contributed by atoms with Crippen LogP contribution in [0.1, 0.15) is 20.8 Å². The number of hydrogen-bond acceptors (Lipinski definition) is 2. The van der Waals surface area contributed by atoms with Crippen LogP contribution in [0.3, 0.4) is 0 Å². The third-order valence-electron chi connectivity index (χ3n) is 2.29. The molecule has 96 valence electrons. The molecule has 0 amide bonds. The highest BCUT2D eigenvalue weighted by atomic mass is 32.2. The van der Waals surface area contributed by atoms with Crippen molar-refractivity contribution in [3.05, 3.63) is 29.8 Å². The minimum Gasteiger partial charge on any atom is -0.314 e. The van der Waals surface area contributed by atoms with E-state index in [1.165, 1.54) is 23.9 Å². The molecule has 1 nitrogen and oxygen atoms in total. The summed E-state index contributed by atoms with van der Waals surface area (Å²) in [7, 11) is 0. The summed E-state index contributed by atoms with van der Waals surface area (Å²) in [5, 5.41) is 3.33. The first kappa shape index (κ1) is 14.5. The van der Waals surface area contributed by atoms with Crippen LogP contribution >= 0.6 is 11.8 Å². The molecule has 1 aromatic rings. The summed E-state index contributed by atoms with van der Waals surface area (Å²) in [5.74, 6) is 0.465. The molecule has 1 N–H and O–H groups in total. The highest BCUT2D eigenvalue weighted by molar-refractivity contribution is 7.99. The first-order valence-corrected chi connectivity index (χ1v) is 6.79. The molecule has 0 spiro atoms.